The summed E-state index contributed by atoms with van der Waals surface area (Å²) in [6, 6.07) is 11.8. The average Bonchev–Trinajstić information content (AvgIpc) is 3.29. The molecular weight excluding hydrogens is 424 g/mol. The monoisotopic (exact) mass is 444 g/mol. The summed E-state index contributed by atoms with van der Waals surface area (Å²) in [5.41, 5.74) is 6.27. The highest BCUT2D eigenvalue weighted by atomic mass is 16.5. The largest absolute Gasteiger partial charge is 0.497 e. The van der Waals surface area contributed by atoms with Gasteiger partial charge in [0.2, 0.25) is 5.95 Å². The molecule has 1 aliphatic rings. The lowest BCUT2D eigenvalue weighted by atomic mass is 9.88. The van der Waals surface area contributed by atoms with Gasteiger partial charge in [-0.05, 0) is 29.3 Å². The van der Waals surface area contributed by atoms with Crippen molar-refractivity contribution in [3.05, 3.63) is 66.6 Å². The molecule has 1 atom stereocenters. The van der Waals surface area contributed by atoms with Gasteiger partial charge >= 0.3 is 6.03 Å². The third-order valence-corrected chi connectivity index (χ3v) is 5.80. The molecule has 10 nitrogen and oxygen atoms in total. The van der Waals surface area contributed by atoms with Crippen LogP contribution in [0.2, 0.25) is 0 Å². The van der Waals surface area contributed by atoms with Crippen LogP contribution >= 0.6 is 0 Å². The Bertz CT molecular complexity index is 1380. The molecule has 4 aromatic rings. The summed E-state index contributed by atoms with van der Waals surface area (Å²) in [6.07, 6.45) is 4.94. The summed E-state index contributed by atoms with van der Waals surface area (Å²) in [5.74, 6) is 0.231. The Hall–Kier alpha value is -4.60. The highest BCUT2D eigenvalue weighted by Gasteiger charge is 2.48. The summed E-state index contributed by atoms with van der Waals surface area (Å²) in [6.45, 7) is -0.0161. The smallest absolute Gasteiger partial charge is 0.322 e. The number of nitrogens with zero attached hydrogens (tertiary/aromatic N) is 3. The van der Waals surface area contributed by atoms with Gasteiger partial charge in [0.15, 0.2) is 11.4 Å². The maximum absolute atomic E-state index is 13.0. The Morgan fingerprint density at radius 3 is 2.45 bits per heavy atom. The lowest BCUT2D eigenvalue weighted by Gasteiger charge is -2.27. The average molecular weight is 444 g/mol. The lowest BCUT2D eigenvalue weighted by molar-refractivity contribution is -0.124. The second kappa shape index (κ2) is 7.52. The van der Waals surface area contributed by atoms with Crippen molar-refractivity contribution >= 4 is 28.7 Å². The van der Waals surface area contributed by atoms with Crippen molar-refractivity contribution in [3.8, 4) is 22.8 Å². The molecule has 2 aromatic heterocycles. The molecule has 1 fully saturated rings. The van der Waals surface area contributed by atoms with Gasteiger partial charge in [-0.25, -0.2) is 14.8 Å². The van der Waals surface area contributed by atoms with Crippen LogP contribution in [0.5, 0.6) is 11.6 Å². The summed E-state index contributed by atoms with van der Waals surface area (Å²) in [7, 11) is 1.54. The van der Waals surface area contributed by atoms with Crippen LogP contribution in [0.15, 0.2) is 61.1 Å². The third-order valence-electron chi connectivity index (χ3n) is 5.80. The number of nitrogens with two attached hydrogens (primary N) is 1. The maximum atomic E-state index is 13.0. The van der Waals surface area contributed by atoms with Crippen LogP contribution in [0.4, 0.5) is 10.7 Å². The fourth-order valence-electron chi connectivity index (χ4n) is 4.06. The first-order chi connectivity index (χ1) is 15.9. The van der Waals surface area contributed by atoms with Crippen LogP contribution in [0, 0.1) is 0 Å². The van der Waals surface area contributed by atoms with Crippen LogP contribution < -0.4 is 21.1 Å². The summed E-state index contributed by atoms with van der Waals surface area (Å²) in [4.78, 5) is 33.1. The van der Waals surface area contributed by atoms with Gasteiger partial charge in [0, 0.05) is 34.9 Å². The number of fused-ring (bicyclic) bond motifs is 1. The van der Waals surface area contributed by atoms with Crippen LogP contribution in [0.1, 0.15) is 5.56 Å². The summed E-state index contributed by atoms with van der Waals surface area (Å²) in [5, 5.41) is 17.2. The number of hydrogen-bond acceptors (Lipinski definition) is 7. The van der Waals surface area contributed by atoms with Gasteiger partial charge in [-0.2, -0.15) is 0 Å². The second-order valence-corrected chi connectivity index (χ2v) is 7.75. The molecule has 10 heteroatoms. The van der Waals surface area contributed by atoms with Gasteiger partial charge in [-0.3, -0.25) is 10.1 Å². The van der Waals surface area contributed by atoms with Crippen molar-refractivity contribution in [1.29, 1.82) is 0 Å². The first-order valence-electron chi connectivity index (χ1n) is 10.1. The van der Waals surface area contributed by atoms with E-state index in [-0.39, 0.29) is 18.4 Å². The van der Waals surface area contributed by atoms with Crippen molar-refractivity contribution in [1.82, 2.24) is 25.2 Å². The van der Waals surface area contributed by atoms with Crippen LogP contribution in [0.25, 0.3) is 21.9 Å². The molecule has 3 heterocycles. The lowest BCUT2D eigenvalue weighted by Crippen LogP contribution is -2.47. The van der Waals surface area contributed by atoms with Crippen molar-refractivity contribution in [2.45, 2.75) is 12.1 Å². The van der Waals surface area contributed by atoms with Crippen molar-refractivity contribution in [2.24, 2.45) is 0 Å². The number of imide groups is 1. The van der Waals surface area contributed by atoms with Gasteiger partial charge in [0.25, 0.3) is 5.91 Å². The van der Waals surface area contributed by atoms with E-state index in [1.165, 1.54) is 4.57 Å². The predicted octanol–water partition coefficient (Wildman–Crippen LogP) is 2.13. The topological polar surface area (TPSA) is 144 Å². The van der Waals surface area contributed by atoms with E-state index >= 15 is 0 Å². The number of amides is 3. The first-order valence-corrected chi connectivity index (χ1v) is 10.1. The number of aromatic nitrogens is 3. The number of carbonyl (C=O) groups excluding carboxylic acids is 2. The molecule has 0 unspecified atom stereocenters. The van der Waals surface area contributed by atoms with Crippen LogP contribution in [0.3, 0.4) is 0 Å². The van der Waals surface area contributed by atoms with Crippen LogP contribution in [-0.4, -0.2) is 38.7 Å². The number of ether oxygens (including phenoxy) is 1. The normalized spacial score (nSPS) is 17.7. The third kappa shape index (κ3) is 3.37. The van der Waals surface area contributed by atoms with Gasteiger partial charge in [0.05, 0.1) is 13.7 Å². The van der Waals surface area contributed by atoms with Crippen LogP contribution in [-0.2, 0) is 16.9 Å². The number of hydrogen-bond donors (Lipinski definition) is 4. The SMILES string of the molecule is COc1ccc2cn(C[C@]3(c4ccc(-c5cnc(N)nc5)cc4)NC(=O)NC3=O)c(O)c2c1. The summed E-state index contributed by atoms with van der Waals surface area (Å²) >= 11 is 0. The van der Waals surface area contributed by atoms with E-state index in [4.69, 9.17) is 10.5 Å². The van der Waals surface area contributed by atoms with Gasteiger partial charge < -0.3 is 25.5 Å². The summed E-state index contributed by atoms with van der Waals surface area (Å²) < 4.78 is 6.78. The Morgan fingerprint density at radius 1 is 1.09 bits per heavy atom. The standard InChI is InChI=1S/C23H20N6O4/c1-33-17-7-4-14-11-29(19(30)18(14)8-17)12-23(20(31)27-22(32)28-23)16-5-2-13(3-6-16)15-9-25-21(24)26-10-15/h2-11,30H,12H2,1H3,(H2,24,25,26)(H2,27,28,31,32)/t23-/m1/s1. The van der Waals surface area contributed by atoms with E-state index in [0.717, 1.165) is 16.5 Å². The van der Waals surface area contributed by atoms with Gasteiger partial charge in [-0.15, -0.1) is 0 Å². The van der Waals surface area contributed by atoms with E-state index in [1.54, 1.807) is 62.1 Å². The molecule has 0 spiro atoms. The Kier molecular flexibility index (Phi) is 4.63. The molecule has 1 saturated heterocycles. The highest BCUT2D eigenvalue weighted by molar-refractivity contribution is 6.07. The van der Waals surface area contributed by atoms with E-state index in [1.807, 2.05) is 6.07 Å². The highest BCUT2D eigenvalue weighted by Crippen LogP contribution is 2.35. The predicted molar refractivity (Wildman–Crippen MR) is 120 cm³/mol. The van der Waals surface area contributed by atoms with Crippen molar-refractivity contribution in [2.75, 3.05) is 12.8 Å². The molecule has 5 rings (SSSR count). The Morgan fingerprint density at radius 2 is 1.82 bits per heavy atom. The van der Waals surface area contributed by atoms with Crippen molar-refractivity contribution in [3.63, 3.8) is 0 Å². The number of rotatable bonds is 5. The quantitative estimate of drug-likeness (QED) is 0.345. The molecule has 0 radical (unpaired) electrons. The van der Waals surface area contributed by atoms with E-state index in [0.29, 0.717) is 16.7 Å². The number of anilines is 1. The number of urea groups is 1. The van der Waals surface area contributed by atoms with Gasteiger partial charge in [0.1, 0.15) is 5.75 Å². The number of nitrogen functional groups attached to an aromatic ring is 1. The van der Waals surface area contributed by atoms with E-state index in [2.05, 4.69) is 20.6 Å². The molecule has 33 heavy (non-hydrogen) atoms. The van der Waals surface area contributed by atoms with Gasteiger partial charge in [-0.1, -0.05) is 24.3 Å². The molecule has 0 saturated carbocycles. The first kappa shape index (κ1) is 20.3. The molecule has 0 aliphatic carbocycles. The minimum absolute atomic E-state index is 0.0161. The number of nitrogens with one attached hydrogen (secondary N) is 2. The number of aromatic hydroxyl groups is 1. The van der Waals surface area contributed by atoms with Crippen molar-refractivity contribution < 1.29 is 19.4 Å². The Labute approximate surface area is 188 Å². The molecule has 5 N–H and O–H groups in total. The number of benzene rings is 2. The molecule has 0 bridgehead atoms. The van der Waals surface area contributed by atoms with E-state index in [9.17, 15) is 14.7 Å². The van der Waals surface area contributed by atoms with E-state index < -0.39 is 17.5 Å². The molecule has 1 aliphatic heterocycles. The molecule has 3 amide bonds. The number of methoxy groups -OCH3 is 1. The second-order valence-electron chi connectivity index (χ2n) is 7.75. The fourth-order valence-corrected chi connectivity index (χ4v) is 4.06. The Balaban J connectivity index is 1.55. The number of carbonyl (C=O) groups is 2. The minimum Gasteiger partial charge on any atom is -0.497 e. The molecular formula is C23H20N6O4. The zero-order chi connectivity index (χ0) is 23.2. The molecule has 166 valence electrons. The minimum atomic E-state index is -1.41. The zero-order valence-corrected chi connectivity index (χ0v) is 17.6. The molecule has 2 aromatic carbocycles. The zero-order valence-electron chi connectivity index (χ0n) is 17.6. The maximum Gasteiger partial charge on any atom is 0.322 e. The fraction of sp³-hybridized carbons (Fsp3) is 0.130.